The number of benzene rings is 8. The van der Waals surface area contributed by atoms with Crippen LogP contribution in [0.15, 0.2) is 194 Å². The van der Waals surface area contributed by atoms with Gasteiger partial charge in [-0.2, -0.15) is 0 Å². The van der Waals surface area contributed by atoms with Crippen LogP contribution in [0.4, 0.5) is 0 Å². The van der Waals surface area contributed by atoms with Crippen LogP contribution in [0.25, 0.3) is 89.5 Å². The summed E-state index contributed by atoms with van der Waals surface area (Å²) in [7, 11) is 0. The monoisotopic (exact) mass is 768 g/mol. The molecule has 0 amide bonds. The third-order valence-electron chi connectivity index (χ3n) is 13.1. The molecule has 1 heterocycles. The molecule has 11 rings (SSSR count). The van der Waals surface area contributed by atoms with Crippen LogP contribution in [0.3, 0.4) is 0 Å². The summed E-state index contributed by atoms with van der Waals surface area (Å²) < 4.78 is 0. The quantitative estimate of drug-likeness (QED) is 0.168. The largest absolute Gasteiger partial charge is 0.243 e. The van der Waals surface area contributed by atoms with Crippen LogP contribution >= 0.6 is 0 Å². The molecule has 2 heteroatoms. The smallest absolute Gasteiger partial charge is 0.0973 e. The molecule has 0 radical (unpaired) electrons. The van der Waals surface area contributed by atoms with E-state index in [4.69, 9.17) is 9.97 Å². The van der Waals surface area contributed by atoms with Gasteiger partial charge in [-0.25, -0.2) is 9.97 Å². The third-order valence-corrected chi connectivity index (χ3v) is 13.1. The van der Waals surface area contributed by atoms with Crippen molar-refractivity contribution in [3.8, 4) is 89.5 Å². The molecule has 2 nitrogen and oxygen atoms in total. The number of aromatic nitrogens is 2. The summed E-state index contributed by atoms with van der Waals surface area (Å²) in [6, 6.07) is 70.0. The Balaban J connectivity index is 0.957. The molecule has 9 aromatic rings. The van der Waals surface area contributed by atoms with Gasteiger partial charge in [0.2, 0.25) is 0 Å². The molecular formula is C58H44N2. The lowest BCUT2D eigenvalue weighted by molar-refractivity contribution is 0.652. The standard InChI is InChI=1S/C58H44N2/c1-57(2)49-26-15-14-25-45(49)47-35-52-48(36-51(47)57)46-32-31-43(34-50(46)58(52,3)4)38-29-27-37(28-30-38)42-23-16-24-44(33-42)56-55(41-21-12-7-13-22-41)59-53(39-17-8-5-9-18-39)54(60-56)40-19-10-6-11-20-40/h5-36H,1-4H3. The first-order chi connectivity index (χ1) is 29.3. The van der Waals surface area contributed by atoms with Crippen LogP contribution in [-0.4, -0.2) is 9.97 Å². The summed E-state index contributed by atoms with van der Waals surface area (Å²) in [4.78, 5) is 10.9. The van der Waals surface area contributed by atoms with Gasteiger partial charge in [0.1, 0.15) is 0 Å². The van der Waals surface area contributed by atoms with Crippen molar-refractivity contribution in [3.63, 3.8) is 0 Å². The highest BCUT2D eigenvalue weighted by molar-refractivity contribution is 5.91. The first-order valence-corrected chi connectivity index (χ1v) is 21.0. The first-order valence-electron chi connectivity index (χ1n) is 21.0. The molecule has 8 aromatic carbocycles. The van der Waals surface area contributed by atoms with Crippen molar-refractivity contribution in [2.24, 2.45) is 0 Å². The Morgan fingerprint density at radius 2 is 0.617 bits per heavy atom. The summed E-state index contributed by atoms with van der Waals surface area (Å²) in [5.41, 5.74) is 23.4. The van der Waals surface area contributed by atoms with Gasteiger partial charge >= 0.3 is 0 Å². The predicted octanol–water partition coefficient (Wildman–Crippen LogP) is 15.1. The number of nitrogens with zero attached hydrogens (tertiary/aromatic N) is 2. The molecule has 0 saturated heterocycles. The Bertz CT molecular complexity index is 3100. The van der Waals surface area contributed by atoms with Crippen LogP contribution in [-0.2, 0) is 10.8 Å². The molecule has 0 bridgehead atoms. The van der Waals surface area contributed by atoms with Gasteiger partial charge in [0, 0.05) is 33.1 Å². The molecule has 0 aliphatic heterocycles. The molecule has 60 heavy (non-hydrogen) atoms. The Hall–Kier alpha value is -7.16. The van der Waals surface area contributed by atoms with Crippen molar-refractivity contribution in [2.75, 3.05) is 0 Å². The SMILES string of the molecule is CC1(C)c2ccccc2-c2cc3c(cc21)-c1ccc(-c2ccc(-c4cccc(-c5nc(-c6ccccc6)c(-c6ccccc6)nc5-c5ccccc5)c4)cc2)cc1C3(C)C. The molecule has 1 aromatic heterocycles. The van der Waals surface area contributed by atoms with E-state index in [9.17, 15) is 0 Å². The maximum absolute atomic E-state index is 5.48. The normalized spacial score (nSPS) is 13.9. The minimum absolute atomic E-state index is 0.0231. The second-order valence-corrected chi connectivity index (χ2v) is 17.4. The van der Waals surface area contributed by atoms with Crippen LogP contribution in [0, 0.1) is 0 Å². The molecule has 2 aliphatic carbocycles. The minimum atomic E-state index is -0.112. The molecule has 0 unspecified atom stereocenters. The zero-order valence-electron chi connectivity index (χ0n) is 34.4. The Morgan fingerprint density at radius 1 is 0.250 bits per heavy atom. The van der Waals surface area contributed by atoms with E-state index in [1.54, 1.807) is 0 Å². The van der Waals surface area contributed by atoms with Crippen molar-refractivity contribution in [1.82, 2.24) is 9.97 Å². The van der Waals surface area contributed by atoms with Gasteiger partial charge < -0.3 is 0 Å². The lowest BCUT2D eigenvalue weighted by Gasteiger charge is -2.24. The summed E-state index contributed by atoms with van der Waals surface area (Å²) in [6.07, 6.45) is 0. The van der Waals surface area contributed by atoms with E-state index in [1.807, 2.05) is 18.2 Å². The van der Waals surface area contributed by atoms with Crippen LogP contribution in [0.2, 0.25) is 0 Å². The van der Waals surface area contributed by atoms with Crippen LogP contribution < -0.4 is 0 Å². The number of rotatable bonds is 6. The second kappa shape index (κ2) is 13.7. The Kier molecular flexibility index (Phi) is 8.22. The summed E-state index contributed by atoms with van der Waals surface area (Å²) in [5.74, 6) is 0. The number of hydrogen-bond donors (Lipinski definition) is 0. The van der Waals surface area contributed by atoms with Gasteiger partial charge in [-0.05, 0) is 91.0 Å². The van der Waals surface area contributed by atoms with E-state index in [2.05, 4.69) is 204 Å². The van der Waals surface area contributed by atoms with Gasteiger partial charge in [0.15, 0.2) is 0 Å². The molecule has 0 fully saturated rings. The lowest BCUT2D eigenvalue weighted by Crippen LogP contribution is -2.17. The molecule has 2 aliphatic rings. The second-order valence-electron chi connectivity index (χ2n) is 17.4. The molecule has 286 valence electrons. The van der Waals surface area contributed by atoms with E-state index in [-0.39, 0.29) is 10.8 Å². The minimum Gasteiger partial charge on any atom is -0.243 e. The molecule has 0 saturated carbocycles. The highest BCUT2D eigenvalue weighted by Gasteiger charge is 2.41. The van der Waals surface area contributed by atoms with Crippen LogP contribution in [0.5, 0.6) is 0 Å². The average molecular weight is 769 g/mol. The van der Waals surface area contributed by atoms with Gasteiger partial charge in [-0.3, -0.25) is 0 Å². The Morgan fingerprint density at radius 3 is 1.15 bits per heavy atom. The maximum atomic E-state index is 5.48. The van der Waals surface area contributed by atoms with Crippen molar-refractivity contribution in [1.29, 1.82) is 0 Å². The highest BCUT2D eigenvalue weighted by atomic mass is 14.9. The average Bonchev–Trinajstić information content (AvgIpc) is 3.67. The van der Waals surface area contributed by atoms with E-state index >= 15 is 0 Å². The predicted molar refractivity (Wildman–Crippen MR) is 250 cm³/mol. The van der Waals surface area contributed by atoms with E-state index in [0.717, 1.165) is 56.2 Å². The van der Waals surface area contributed by atoms with E-state index in [0.29, 0.717) is 0 Å². The third kappa shape index (κ3) is 5.70. The fourth-order valence-corrected chi connectivity index (χ4v) is 9.84. The Labute approximate surface area is 353 Å². The molecule has 0 spiro atoms. The zero-order valence-corrected chi connectivity index (χ0v) is 34.4. The molecular weight excluding hydrogens is 725 g/mol. The lowest BCUT2D eigenvalue weighted by atomic mass is 9.79. The molecule has 0 atom stereocenters. The number of hydrogen-bond acceptors (Lipinski definition) is 2. The van der Waals surface area contributed by atoms with Gasteiger partial charge in [-0.1, -0.05) is 198 Å². The first kappa shape index (κ1) is 36.0. The van der Waals surface area contributed by atoms with Gasteiger partial charge in [0.25, 0.3) is 0 Å². The topological polar surface area (TPSA) is 25.8 Å². The van der Waals surface area contributed by atoms with Crippen molar-refractivity contribution in [2.45, 2.75) is 38.5 Å². The van der Waals surface area contributed by atoms with E-state index < -0.39 is 0 Å². The maximum Gasteiger partial charge on any atom is 0.0973 e. The summed E-state index contributed by atoms with van der Waals surface area (Å²) >= 11 is 0. The fourth-order valence-electron chi connectivity index (χ4n) is 9.84. The van der Waals surface area contributed by atoms with Crippen molar-refractivity contribution in [3.05, 3.63) is 216 Å². The van der Waals surface area contributed by atoms with E-state index in [1.165, 1.54) is 55.6 Å². The molecule has 0 N–H and O–H groups in total. The van der Waals surface area contributed by atoms with Gasteiger partial charge in [0.05, 0.1) is 22.8 Å². The van der Waals surface area contributed by atoms with Crippen molar-refractivity contribution < 1.29 is 0 Å². The fraction of sp³-hybridized carbons (Fsp3) is 0.103. The highest BCUT2D eigenvalue weighted by Crippen LogP contribution is 2.56. The zero-order chi connectivity index (χ0) is 40.6. The summed E-state index contributed by atoms with van der Waals surface area (Å²) in [5, 5.41) is 0. The van der Waals surface area contributed by atoms with Crippen LogP contribution in [0.1, 0.15) is 49.9 Å². The summed E-state index contributed by atoms with van der Waals surface area (Å²) in [6.45, 7) is 9.52. The number of fused-ring (bicyclic) bond motifs is 6. The van der Waals surface area contributed by atoms with Crippen molar-refractivity contribution >= 4 is 0 Å². The van der Waals surface area contributed by atoms with Gasteiger partial charge in [-0.15, -0.1) is 0 Å².